The maximum absolute atomic E-state index is 12.9. The van der Waals surface area contributed by atoms with E-state index in [2.05, 4.69) is 15.5 Å². The molecule has 0 aliphatic carbocycles. The van der Waals surface area contributed by atoms with Crippen LogP contribution in [0.25, 0.3) is 0 Å². The molecule has 1 saturated heterocycles. The molecule has 0 radical (unpaired) electrons. The van der Waals surface area contributed by atoms with Crippen LogP contribution < -0.4 is 20.3 Å². The molecule has 0 atom stereocenters. The quantitative estimate of drug-likeness (QED) is 0.491. The summed E-state index contributed by atoms with van der Waals surface area (Å²) >= 11 is 0. The zero-order valence-electron chi connectivity index (χ0n) is 20.5. The highest BCUT2D eigenvalue weighted by Crippen LogP contribution is 2.33. The van der Waals surface area contributed by atoms with E-state index in [0.717, 1.165) is 37.2 Å². The predicted octanol–water partition coefficient (Wildman–Crippen LogP) is 4.33. The number of benzene rings is 2. The number of rotatable bonds is 9. The SMILES string of the molecule is CCC(=O)N(c1ccc(NC(=O)Nc2ccccc2C)c(OC)c1)C1CCN(CCC(=O)O)CC1. The molecule has 0 saturated carbocycles. The van der Waals surface area contributed by atoms with E-state index in [0.29, 0.717) is 30.1 Å². The van der Waals surface area contributed by atoms with Gasteiger partial charge in [0, 0.05) is 49.5 Å². The molecule has 3 amide bonds. The van der Waals surface area contributed by atoms with Crippen LogP contribution in [0.1, 0.15) is 38.2 Å². The molecule has 9 nitrogen and oxygen atoms in total. The number of methoxy groups -OCH3 is 1. The fraction of sp³-hybridized carbons (Fsp3) is 0.423. The lowest BCUT2D eigenvalue weighted by molar-refractivity contribution is -0.137. The normalized spacial score (nSPS) is 14.3. The summed E-state index contributed by atoms with van der Waals surface area (Å²) in [6.07, 6.45) is 1.99. The summed E-state index contributed by atoms with van der Waals surface area (Å²) in [5.41, 5.74) is 2.87. The summed E-state index contributed by atoms with van der Waals surface area (Å²) in [6, 6.07) is 12.5. The van der Waals surface area contributed by atoms with Gasteiger partial charge in [-0.15, -0.1) is 0 Å². The zero-order valence-corrected chi connectivity index (χ0v) is 20.5. The van der Waals surface area contributed by atoms with Gasteiger partial charge in [-0.3, -0.25) is 9.59 Å². The lowest BCUT2D eigenvalue weighted by Gasteiger charge is -2.38. The van der Waals surface area contributed by atoms with Crippen LogP contribution in [-0.2, 0) is 9.59 Å². The molecule has 0 bridgehead atoms. The summed E-state index contributed by atoms with van der Waals surface area (Å²) in [6.45, 7) is 5.74. The van der Waals surface area contributed by atoms with Gasteiger partial charge in [0.1, 0.15) is 5.75 Å². The summed E-state index contributed by atoms with van der Waals surface area (Å²) in [5, 5.41) is 14.6. The van der Waals surface area contributed by atoms with Gasteiger partial charge < -0.3 is 30.3 Å². The molecule has 3 N–H and O–H groups in total. The first-order valence-electron chi connectivity index (χ1n) is 11.9. The number of carboxylic acids is 1. The Morgan fingerprint density at radius 1 is 1.09 bits per heavy atom. The molecular formula is C26H34N4O5. The Hall–Kier alpha value is -3.59. The third-order valence-corrected chi connectivity index (χ3v) is 6.24. The van der Waals surface area contributed by atoms with Gasteiger partial charge in [-0.25, -0.2) is 4.79 Å². The highest BCUT2D eigenvalue weighted by molar-refractivity contribution is 6.01. The second kappa shape index (κ2) is 12.2. The Morgan fingerprint density at radius 3 is 2.40 bits per heavy atom. The number of hydrogen-bond donors (Lipinski definition) is 3. The van der Waals surface area contributed by atoms with E-state index < -0.39 is 5.97 Å². The van der Waals surface area contributed by atoms with Crippen LogP contribution in [0.4, 0.5) is 21.9 Å². The summed E-state index contributed by atoms with van der Waals surface area (Å²) in [5.74, 6) is -0.340. The number of ether oxygens (including phenoxy) is 1. The molecule has 35 heavy (non-hydrogen) atoms. The molecule has 0 aromatic heterocycles. The molecular weight excluding hydrogens is 448 g/mol. The molecule has 0 spiro atoms. The number of carbonyl (C=O) groups is 3. The van der Waals surface area contributed by atoms with E-state index in [9.17, 15) is 14.4 Å². The minimum absolute atomic E-state index is 0.00837. The Bertz CT molecular complexity index is 1050. The van der Waals surface area contributed by atoms with Crippen molar-refractivity contribution >= 4 is 35.0 Å². The van der Waals surface area contributed by atoms with Crippen LogP contribution >= 0.6 is 0 Å². The third kappa shape index (κ3) is 6.95. The number of piperidine rings is 1. The molecule has 3 rings (SSSR count). The van der Waals surface area contributed by atoms with Gasteiger partial charge in [0.15, 0.2) is 0 Å². The van der Waals surface area contributed by atoms with Crippen molar-refractivity contribution in [2.75, 3.05) is 42.3 Å². The van der Waals surface area contributed by atoms with Crippen LogP contribution in [0.5, 0.6) is 5.75 Å². The number of nitrogens with zero attached hydrogens (tertiary/aromatic N) is 2. The fourth-order valence-corrected chi connectivity index (χ4v) is 4.31. The molecule has 2 aromatic carbocycles. The first kappa shape index (κ1) is 26.0. The van der Waals surface area contributed by atoms with Gasteiger partial charge in [0.25, 0.3) is 0 Å². The highest BCUT2D eigenvalue weighted by atomic mass is 16.5. The molecule has 188 valence electrons. The van der Waals surface area contributed by atoms with Gasteiger partial charge in [-0.2, -0.15) is 0 Å². The number of aryl methyl sites for hydroxylation is 1. The molecule has 1 aliphatic heterocycles. The van der Waals surface area contributed by atoms with Crippen molar-refractivity contribution in [2.24, 2.45) is 0 Å². The Kier molecular flexibility index (Phi) is 9.08. The van der Waals surface area contributed by atoms with Crippen LogP contribution in [0.15, 0.2) is 42.5 Å². The fourth-order valence-electron chi connectivity index (χ4n) is 4.31. The largest absolute Gasteiger partial charge is 0.494 e. The minimum atomic E-state index is -0.803. The second-order valence-corrected chi connectivity index (χ2v) is 8.61. The molecule has 0 unspecified atom stereocenters. The van der Waals surface area contributed by atoms with Gasteiger partial charge in [0.05, 0.1) is 19.2 Å². The van der Waals surface area contributed by atoms with Crippen molar-refractivity contribution in [3.63, 3.8) is 0 Å². The highest BCUT2D eigenvalue weighted by Gasteiger charge is 2.29. The monoisotopic (exact) mass is 482 g/mol. The Balaban J connectivity index is 1.73. The van der Waals surface area contributed by atoms with Crippen molar-refractivity contribution in [1.82, 2.24) is 4.90 Å². The number of carbonyl (C=O) groups excluding carboxylic acids is 2. The lowest BCUT2D eigenvalue weighted by Crippen LogP contribution is -2.47. The standard InChI is InChI=1S/C26H34N4O5/c1-4-24(31)30(19-11-14-29(15-12-19)16-13-25(32)33)20-9-10-22(23(17-20)35-3)28-26(34)27-21-8-6-5-7-18(21)2/h5-10,17,19H,4,11-16H2,1-3H3,(H,32,33)(H2,27,28,34). The number of amides is 3. The molecule has 9 heteroatoms. The summed E-state index contributed by atoms with van der Waals surface area (Å²) in [4.78, 5) is 40.3. The Morgan fingerprint density at radius 2 is 1.77 bits per heavy atom. The van der Waals surface area contributed by atoms with E-state index in [1.54, 1.807) is 12.1 Å². The first-order valence-corrected chi connectivity index (χ1v) is 11.9. The second-order valence-electron chi connectivity index (χ2n) is 8.61. The van der Waals surface area contributed by atoms with Gasteiger partial charge in [0.2, 0.25) is 5.91 Å². The predicted molar refractivity (Wildman–Crippen MR) is 136 cm³/mol. The van der Waals surface area contributed by atoms with Gasteiger partial charge in [-0.1, -0.05) is 25.1 Å². The number of aliphatic carboxylic acids is 1. The van der Waals surface area contributed by atoms with Crippen LogP contribution in [0, 0.1) is 6.92 Å². The van der Waals surface area contributed by atoms with Crippen molar-refractivity contribution in [2.45, 2.75) is 45.6 Å². The van der Waals surface area contributed by atoms with Crippen molar-refractivity contribution in [3.8, 4) is 5.75 Å². The number of para-hydroxylation sites is 1. The van der Waals surface area contributed by atoms with E-state index in [1.165, 1.54) is 7.11 Å². The van der Waals surface area contributed by atoms with E-state index in [4.69, 9.17) is 9.84 Å². The summed E-state index contributed by atoms with van der Waals surface area (Å²) in [7, 11) is 1.52. The minimum Gasteiger partial charge on any atom is -0.494 e. The van der Waals surface area contributed by atoms with Crippen molar-refractivity contribution in [3.05, 3.63) is 48.0 Å². The van der Waals surface area contributed by atoms with E-state index >= 15 is 0 Å². The van der Waals surface area contributed by atoms with E-state index in [1.807, 2.05) is 49.1 Å². The maximum atomic E-state index is 12.9. The average molecular weight is 483 g/mol. The van der Waals surface area contributed by atoms with Crippen molar-refractivity contribution in [1.29, 1.82) is 0 Å². The number of carboxylic acid groups (broad SMARTS) is 1. The number of nitrogens with one attached hydrogen (secondary N) is 2. The van der Waals surface area contributed by atoms with Crippen LogP contribution in [0.2, 0.25) is 0 Å². The van der Waals surface area contributed by atoms with Gasteiger partial charge >= 0.3 is 12.0 Å². The van der Waals surface area contributed by atoms with Crippen LogP contribution in [0.3, 0.4) is 0 Å². The molecule has 2 aromatic rings. The Labute approximate surface area is 206 Å². The van der Waals surface area contributed by atoms with Crippen molar-refractivity contribution < 1.29 is 24.2 Å². The maximum Gasteiger partial charge on any atom is 0.323 e. The molecule has 1 fully saturated rings. The van der Waals surface area contributed by atoms with Crippen LogP contribution in [-0.4, -0.2) is 60.7 Å². The third-order valence-electron chi connectivity index (χ3n) is 6.24. The number of likely N-dealkylation sites (tertiary alicyclic amines) is 1. The van der Waals surface area contributed by atoms with E-state index in [-0.39, 0.29) is 24.4 Å². The summed E-state index contributed by atoms with van der Waals surface area (Å²) < 4.78 is 5.54. The molecule has 1 aliphatic rings. The smallest absolute Gasteiger partial charge is 0.323 e. The number of hydrogen-bond acceptors (Lipinski definition) is 5. The molecule has 1 heterocycles. The number of urea groups is 1. The topological polar surface area (TPSA) is 111 Å². The van der Waals surface area contributed by atoms with Gasteiger partial charge in [-0.05, 0) is 43.5 Å². The average Bonchev–Trinajstić information content (AvgIpc) is 2.85. The lowest BCUT2D eigenvalue weighted by atomic mass is 10.0. The zero-order chi connectivity index (χ0) is 25.4. The number of anilines is 3. The first-order chi connectivity index (χ1) is 16.8.